The van der Waals surface area contributed by atoms with Gasteiger partial charge in [-0.05, 0) is 30.9 Å². The normalized spacial score (nSPS) is 12.6. The van der Waals surface area contributed by atoms with E-state index in [4.69, 9.17) is 5.11 Å². The number of hydrogen-bond acceptors (Lipinski definition) is 3. The van der Waals surface area contributed by atoms with Gasteiger partial charge in [0, 0.05) is 11.1 Å². The third-order valence-corrected chi connectivity index (χ3v) is 3.81. The second-order valence-electron chi connectivity index (χ2n) is 5.09. The lowest BCUT2D eigenvalue weighted by Crippen LogP contribution is -2.20. The molecule has 0 spiro atoms. The predicted octanol–water partition coefficient (Wildman–Crippen LogP) is 2.63. The number of carboxylic acids is 1. The number of carbonyl (C=O) groups is 1. The molecular weight excluding hydrogens is 332 g/mol. The molecule has 0 bridgehead atoms. The maximum atomic E-state index is 14.2. The highest BCUT2D eigenvalue weighted by Crippen LogP contribution is 2.37. The van der Waals surface area contributed by atoms with Gasteiger partial charge in [-0.2, -0.15) is 0 Å². The lowest BCUT2D eigenvalue weighted by Gasteiger charge is -2.13. The van der Waals surface area contributed by atoms with Crippen molar-refractivity contribution in [3.8, 4) is 17.0 Å². The molecule has 1 aromatic heterocycles. The van der Waals surface area contributed by atoms with Crippen molar-refractivity contribution in [1.29, 1.82) is 0 Å². The van der Waals surface area contributed by atoms with Crippen LogP contribution in [0.25, 0.3) is 11.3 Å². The second-order valence-corrected chi connectivity index (χ2v) is 5.09. The van der Waals surface area contributed by atoms with Gasteiger partial charge < -0.3 is 15.2 Å². The smallest absolute Gasteiger partial charge is 0.345 e. The van der Waals surface area contributed by atoms with Crippen molar-refractivity contribution in [2.24, 2.45) is 0 Å². The fourth-order valence-corrected chi connectivity index (χ4v) is 2.81. The van der Waals surface area contributed by atoms with Gasteiger partial charge in [-0.15, -0.1) is 12.4 Å². The van der Waals surface area contributed by atoms with Crippen LogP contribution in [0, 0.1) is 11.6 Å². The summed E-state index contributed by atoms with van der Waals surface area (Å²) in [6, 6.07) is 2.42. The van der Waals surface area contributed by atoms with Crippen molar-refractivity contribution >= 4 is 18.4 Å². The van der Waals surface area contributed by atoms with Crippen molar-refractivity contribution in [1.82, 2.24) is 4.98 Å². The van der Waals surface area contributed by atoms with Crippen LogP contribution in [0.1, 0.15) is 27.9 Å². The Morgan fingerprint density at radius 2 is 1.91 bits per heavy atom. The Labute approximate surface area is 135 Å². The van der Waals surface area contributed by atoms with Crippen LogP contribution in [0.4, 0.5) is 8.78 Å². The maximum absolute atomic E-state index is 14.2. The van der Waals surface area contributed by atoms with E-state index >= 15 is 0 Å². The molecule has 1 aromatic carbocycles. The molecule has 3 N–H and O–H groups in total. The van der Waals surface area contributed by atoms with Gasteiger partial charge in [0.15, 0.2) is 17.2 Å². The number of aromatic amines is 1. The zero-order valence-corrected chi connectivity index (χ0v) is 12.5. The summed E-state index contributed by atoms with van der Waals surface area (Å²) in [5.74, 6) is -4.47. The van der Waals surface area contributed by atoms with Crippen LogP contribution < -0.4 is 5.56 Å². The highest BCUT2D eigenvalue weighted by atomic mass is 35.5. The number of hydrogen-bond donors (Lipinski definition) is 3. The molecule has 1 heterocycles. The number of aromatic carboxylic acids is 1. The minimum Gasteiger partial charge on any atom is -0.506 e. The molecule has 2 aromatic rings. The Bertz CT molecular complexity index is 864. The fourth-order valence-electron chi connectivity index (χ4n) is 2.81. The summed E-state index contributed by atoms with van der Waals surface area (Å²) in [7, 11) is 0. The topological polar surface area (TPSA) is 90.4 Å². The summed E-state index contributed by atoms with van der Waals surface area (Å²) in [6.45, 7) is 0. The van der Waals surface area contributed by atoms with E-state index < -0.39 is 34.5 Å². The summed E-state index contributed by atoms with van der Waals surface area (Å²) in [5.41, 5.74) is -1.43. The zero-order chi connectivity index (χ0) is 16.0. The number of aryl methyl sites for hydroxylation is 1. The van der Waals surface area contributed by atoms with Crippen molar-refractivity contribution in [2.75, 3.05) is 0 Å². The maximum Gasteiger partial charge on any atom is 0.345 e. The van der Waals surface area contributed by atoms with Crippen molar-refractivity contribution in [2.45, 2.75) is 19.3 Å². The molecule has 0 atom stereocenters. The zero-order valence-electron chi connectivity index (χ0n) is 11.7. The van der Waals surface area contributed by atoms with Crippen molar-refractivity contribution < 1.29 is 23.8 Å². The summed E-state index contributed by atoms with van der Waals surface area (Å²) >= 11 is 0. The number of fused-ring (bicyclic) bond motifs is 3. The Hall–Kier alpha value is -2.41. The van der Waals surface area contributed by atoms with E-state index in [0.29, 0.717) is 18.4 Å². The molecule has 23 heavy (non-hydrogen) atoms. The first-order chi connectivity index (χ1) is 10.4. The molecular formula is C15H12ClF2NO4. The number of H-pyrrole nitrogens is 1. The van der Waals surface area contributed by atoms with E-state index in [2.05, 4.69) is 4.98 Å². The summed E-state index contributed by atoms with van der Waals surface area (Å²) in [6.07, 6.45) is 1.17. The Kier molecular flexibility index (Phi) is 4.42. The molecule has 5 nitrogen and oxygen atoms in total. The number of rotatable bonds is 1. The van der Waals surface area contributed by atoms with Gasteiger partial charge in [0.1, 0.15) is 5.75 Å². The molecule has 1 aliphatic rings. The molecule has 1 aliphatic carbocycles. The first-order valence-corrected chi connectivity index (χ1v) is 6.60. The fraction of sp³-hybridized carbons (Fsp3) is 0.200. The van der Waals surface area contributed by atoms with Crippen LogP contribution >= 0.6 is 12.4 Å². The molecule has 0 saturated heterocycles. The molecule has 0 radical (unpaired) electrons. The first-order valence-electron chi connectivity index (χ1n) is 6.60. The van der Waals surface area contributed by atoms with Gasteiger partial charge in [-0.1, -0.05) is 6.07 Å². The average Bonchev–Trinajstić information content (AvgIpc) is 2.62. The molecule has 122 valence electrons. The number of benzene rings is 1. The molecule has 0 aliphatic heterocycles. The van der Waals surface area contributed by atoms with E-state index in [1.165, 1.54) is 6.07 Å². The van der Waals surface area contributed by atoms with Gasteiger partial charge >= 0.3 is 5.97 Å². The van der Waals surface area contributed by atoms with Gasteiger partial charge in [0.05, 0.1) is 5.69 Å². The summed E-state index contributed by atoms with van der Waals surface area (Å²) in [5, 5.41) is 19.1. The molecule has 3 rings (SSSR count). The third kappa shape index (κ3) is 2.57. The molecule has 0 fully saturated rings. The lowest BCUT2D eigenvalue weighted by atomic mass is 9.99. The van der Waals surface area contributed by atoms with E-state index in [-0.39, 0.29) is 35.6 Å². The number of halogens is 3. The van der Waals surface area contributed by atoms with Gasteiger partial charge in [-0.25, -0.2) is 13.6 Å². The SMILES string of the molecule is Cl.O=C(O)c1c(O)c2c([nH]c1=O)-c1c(ccc(F)c1F)CCC2. The highest BCUT2D eigenvalue weighted by molar-refractivity contribution is 5.92. The third-order valence-electron chi connectivity index (χ3n) is 3.81. The number of aromatic nitrogens is 1. The Balaban J connectivity index is 0.00000192. The number of carboxylic acid groups (broad SMARTS) is 1. The minimum atomic E-state index is -1.58. The van der Waals surface area contributed by atoms with Crippen LogP contribution in [0.5, 0.6) is 5.75 Å². The molecule has 8 heteroatoms. The van der Waals surface area contributed by atoms with Gasteiger partial charge in [-0.3, -0.25) is 4.79 Å². The monoisotopic (exact) mass is 343 g/mol. The second kappa shape index (κ2) is 6.00. The van der Waals surface area contributed by atoms with Crippen LogP contribution in [-0.4, -0.2) is 21.2 Å². The van der Waals surface area contributed by atoms with Crippen molar-refractivity contribution in [3.05, 3.63) is 50.8 Å². The Morgan fingerprint density at radius 3 is 2.57 bits per heavy atom. The number of aromatic hydroxyl groups is 1. The number of nitrogens with one attached hydrogen (secondary N) is 1. The standard InChI is InChI=1S/C15H11F2NO4.ClH/c16-8-5-4-6-2-1-3-7-12(9(6)11(8)17)18-14(20)10(13(7)19)15(21)22;/h4-5H,1-3H2,(H,21,22)(H2,18,19,20);1H. The van der Waals surface area contributed by atoms with E-state index in [0.717, 1.165) is 6.07 Å². The van der Waals surface area contributed by atoms with Gasteiger partial charge in [0.2, 0.25) is 0 Å². The van der Waals surface area contributed by atoms with E-state index in [1.807, 2.05) is 0 Å². The van der Waals surface area contributed by atoms with E-state index in [1.54, 1.807) is 0 Å². The quantitative estimate of drug-likeness (QED) is 0.742. The Morgan fingerprint density at radius 1 is 1.22 bits per heavy atom. The van der Waals surface area contributed by atoms with Crippen LogP contribution in [-0.2, 0) is 12.8 Å². The van der Waals surface area contributed by atoms with E-state index in [9.17, 15) is 23.5 Å². The van der Waals surface area contributed by atoms with Crippen LogP contribution in [0.15, 0.2) is 16.9 Å². The molecule has 0 saturated carbocycles. The predicted molar refractivity (Wildman–Crippen MR) is 80.3 cm³/mol. The summed E-state index contributed by atoms with van der Waals surface area (Å²) < 4.78 is 27.7. The first kappa shape index (κ1) is 17.0. The van der Waals surface area contributed by atoms with Crippen LogP contribution in [0.2, 0.25) is 0 Å². The average molecular weight is 344 g/mol. The number of pyridine rings is 1. The minimum absolute atomic E-state index is 0. The largest absolute Gasteiger partial charge is 0.506 e. The summed E-state index contributed by atoms with van der Waals surface area (Å²) in [4.78, 5) is 25.2. The van der Waals surface area contributed by atoms with Crippen molar-refractivity contribution in [3.63, 3.8) is 0 Å². The lowest BCUT2D eigenvalue weighted by molar-refractivity contribution is 0.0691. The highest BCUT2D eigenvalue weighted by Gasteiger charge is 2.27. The molecule has 0 amide bonds. The van der Waals surface area contributed by atoms with Crippen LogP contribution in [0.3, 0.4) is 0 Å². The molecule has 0 unspecified atom stereocenters. The van der Waals surface area contributed by atoms with Gasteiger partial charge in [0.25, 0.3) is 5.56 Å².